The van der Waals surface area contributed by atoms with E-state index in [0.717, 1.165) is 16.4 Å². The molecule has 14 heavy (non-hydrogen) atoms. The molecule has 0 bridgehead atoms. The highest BCUT2D eigenvalue weighted by Gasteiger charge is 2.12. The Kier molecular flexibility index (Phi) is 3.92. The predicted octanol–water partition coefficient (Wildman–Crippen LogP) is -0.513. The lowest BCUT2D eigenvalue weighted by Crippen LogP contribution is -2.12. The molecule has 1 heterocycles. The summed E-state index contributed by atoms with van der Waals surface area (Å²) in [7, 11) is -4.13. The molecule has 1 radical (unpaired) electrons. The molecule has 0 aliphatic carbocycles. The van der Waals surface area contributed by atoms with Crippen LogP contribution >= 0.6 is 24.0 Å². The van der Waals surface area contributed by atoms with Crippen LogP contribution in [0.25, 0.3) is 0 Å². The second-order valence-electron chi connectivity index (χ2n) is 2.11. The van der Waals surface area contributed by atoms with Gasteiger partial charge in [0.2, 0.25) is 5.16 Å². The first kappa shape index (κ1) is 11.5. The molecule has 7 nitrogen and oxygen atoms in total. The lowest BCUT2D eigenvalue weighted by molar-refractivity contribution is 0.459. The zero-order valence-corrected chi connectivity index (χ0v) is 9.14. The molecule has 1 rings (SSSR count). The molecule has 10 heteroatoms. The predicted molar refractivity (Wildman–Crippen MR) is 52.7 cm³/mol. The Morgan fingerprint density at radius 3 is 2.93 bits per heavy atom. The second-order valence-corrected chi connectivity index (χ2v) is 4.76. The lowest BCUT2D eigenvalue weighted by atomic mass is 11.0. The Balaban J connectivity index is 2.77. The molecule has 0 aromatic carbocycles. The fraction of sp³-hybridized carbons (Fsp3) is 0.500. The largest absolute Gasteiger partial charge is 0.285 e. The Morgan fingerprint density at radius 2 is 2.36 bits per heavy atom. The van der Waals surface area contributed by atoms with Crippen LogP contribution in [-0.2, 0) is 16.0 Å². The number of thiocarbonyl (C=S) groups is 1. The summed E-state index contributed by atoms with van der Waals surface area (Å²) in [5.41, 5.74) is 0. The van der Waals surface area contributed by atoms with Gasteiger partial charge in [-0.25, -0.2) is 4.68 Å². The van der Waals surface area contributed by atoms with Gasteiger partial charge in [0.25, 0.3) is 10.1 Å². The van der Waals surface area contributed by atoms with Crippen molar-refractivity contribution in [1.82, 2.24) is 20.2 Å². The van der Waals surface area contributed by atoms with Crippen LogP contribution in [0.1, 0.15) is 0 Å². The van der Waals surface area contributed by atoms with Gasteiger partial charge in [0.1, 0.15) is 0 Å². The third-order valence-corrected chi connectivity index (χ3v) is 2.78. The summed E-state index contributed by atoms with van der Waals surface area (Å²) in [5, 5.41) is 12.9. The van der Waals surface area contributed by atoms with Gasteiger partial charge in [0.15, 0.2) is 5.88 Å². The molecule has 0 aliphatic heterocycles. The van der Waals surface area contributed by atoms with E-state index < -0.39 is 16.0 Å². The number of nitrogens with zero attached hydrogens (tertiary/aromatic N) is 4. The normalized spacial score (nSPS) is 11.5. The molecule has 0 amide bonds. The summed E-state index contributed by atoms with van der Waals surface area (Å²) in [6.07, 6.45) is 0. The summed E-state index contributed by atoms with van der Waals surface area (Å²) in [4.78, 5) is 0. The van der Waals surface area contributed by atoms with Crippen LogP contribution in [0.5, 0.6) is 0 Å². The average Bonchev–Trinajstić information content (AvgIpc) is 2.45. The first-order chi connectivity index (χ1) is 6.53. The highest BCUT2D eigenvalue weighted by Crippen LogP contribution is 2.12. The molecular formula is C4H5N4O3S3. The van der Waals surface area contributed by atoms with Gasteiger partial charge in [0, 0.05) is 11.1 Å². The van der Waals surface area contributed by atoms with Crippen LogP contribution in [0.4, 0.5) is 0 Å². The Hall–Kier alpha value is -0.580. The van der Waals surface area contributed by atoms with Gasteiger partial charge in [-0.15, -0.1) is 5.10 Å². The van der Waals surface area contributed by atoms with Gasteiger partial charge < -0.3 is 0 Å². The van der Waals surface area contributed by atoms with Crippen LogP contribution in [-0.4, -0.2) is 44.3 Å². The van der Waals surface area contributed by atoms with Crippen LogP contribution < -0.4 is 0 Å². The van der Waals surface area contributed by atoms with Gasteiger partial charge in [-0.3, -0.25) is 4.55 Å². The lowest BCUT2D eigenvalue weighted by Gasteiger charge is -1.99. The molecule has 0 unspecified atom stereocenters. The van der Waals surface area contributed by atoms with E-state index in [1.807, 2.05) is 0 Å². The van der Waals surface area contributed by atoms with Crippen molar-refractivity contribution in [3.05, 3.63) is 0 Å². The monoisotopic (exact) mass is 253 g/mol. The first-order valence-electron chi connectivity index (χ1n) is 3.22. The van der Waals surface area contributed by atoms with E-state index in [9.17, 15) is 8.42 Å². The van der Waals surface area contributed by atoms with Crippen molar-refractivity contribution in [3.63, 3.8) is 0 Å². The molecule has 0 saturated carbocycles. The number of hydrogen-bond acceptors (Lipinski definition) is 7. The van der Waals surface area contributed by atoms with Crippen molar-refractivity contribution in [2.75, 3.05) is 5.75 Å². The number of tetrazole rings is 1. The standard InChI is InChI=1S/C4H5N4O3S3/c9-14(10,11)3-8-4(5-6-7-8)13-2-1-12/h2-3H2,(H,9,10,11). The highest BCUT2D eigenvalue weighted by molar-refractivity contribution is 8.00. The van der Waals surface area contributed by atoms with Gasteiger partial charge in [-0.2, -0.15) is 8.42 Å². The van der Waals surface area contributed by atoms with Crippen LogP contribution in [0.2, 0.25) is 0 Å². The number of thioether (sulfide) groups is 1. The average molecular weight is 253 g/mol. The molecule has 0 saturated heterocycles. The molecule has 1 aromatic heterocycles. The van der Waals surface area contributed by atoms with E-state index in [2.05, 4.69) is 33.1 Å². The minimum absolute atomic E-state index is 0.264. The summed E-state index contributed by atoms with van der Waals surface area (Å²) < 4.78 is 30.6. The zero-order valence-electron chi connectivity index (χ0n) is 6.69. The van der Waals surface area contributed by atoms with Crippen molar-refractivity contribution in [2.45, 2.75) is 11.0 Å². The maximum Gasteiger partial charge on any atom is 0.285 e. The minimum atomic E-state index is -4.13. The maximum atomic E-state index is 10.5. The fourth-order valence-electron chi connectivity index (χ4n) is 0.629. The van der Waals surface area contributed by atoms with Crippen molar-refractivity contribution < 1.29 is 13.0 Å². The van der Waals surface area contributed by atoms with Gasteiger partial charge in [-0.05, 0) is 10.4 Å². The second kappa shape index (κ2) is 4.77. The summed E-state index contributed by atoms with van der Waals surface area (Å²) in [6, 6.07) is 0. The summed E-state index contributed by atoms with van der Waals surface area (Å²) in [5.74, 6) is -0.305. The van der Waals surface area contributed by atoms with Gasteiger partial charge >= 0.3 is 0 Å². The molecular weight excluding hydrogens is 248 g/mol. The zero-order chi connectivity index (χ0) is 10.6. The summed E-state index contributed by atoms with van der Waals surface area (Å²) >= 11 is 5.59. The molecule has 77 valence electrons. The smallest absolute Gasteiger partial charge is 0.284 e. The fourth-order valence-corrected chi connectivity index (χ4v) is 1.90. The van der Waals surface area contributed by atoms with Gasteiger partial charge in [0.05, 0.1) is 0 Å². The van der Waals surface area contributed by atoms with Crippen molar-refractivity contribution in [3.8, 4) is 0 Å². The van der Waals surface area contributed by atoms with Gasteiger partial charge in [-0.1, -0.05) is 24.0 Å². The van der Waals surface area contributed by atoms with Crippen LogP contribution in [0.15, 0.2) is 5.16 Å². The van der Waals surface area contributed by atoms with E-state index in [-0.39, 0.29) is 5.16 Å². The first-order valence-corrected chi connectivity index (χ1v) is 6.22. The Morgan fingerprint density at radius 1 is 1.64 bits per heavy atom. The molecule has 0 spiro atoms. The van der Waals surface area contributed by atoms with Crippen molar-refractivity contribution >= 4 is 39.5 Å². The highest BCUT2D eigenvalue weighted by atomic mass is 32.2. The molecule has 0 fully saturated rings. The Bertz CT molecular complexity index is 413. The third kappa shape index (κ3) is 3.65. The van der Waals surface area contributed by atoms with Crippen LogP contribution in [0, 0.1) is 0 Å². The van der Waals surface area contributed by atoms with Crippen molar-refractivity contribution in [1.29, 1.82) is 0 Å². The topological polar surface area (TPSA) is 98.0 Å². The number of hydrogen-bond donors (Lipinski definition) is 1. The number of aromatic nitrogens is 4. The Labute approximate surface area is 89.6 Å². The third-order valence-electron chi connectivity index (χ3n) is 1.04. The SMILES string of the molecule is O=S(=O)(O)Cn1nnnc1SC[C]=S. The van der Waals surface area contributed by atoms with E-state index in [1.165, 1.54) is 0 Å². The molecule has 0 atom stereocenters. The maximum absolute atomic E-state index is 10.5. The van der Waals surface area contributed by atoms with E-state index in [1.54, 1.807) is 0 Å². The molecule has 1 N–H and O–H groups in total. The summed E-state index contributed by atoms with van der Waals surface area (Å²) in [6.45, 7) is 0. The van der Waals surface area contributed by atoms with Crippen molar-refractivity contribution in [2.24, 2.45) is 0 Å². The minimum Gasteiger partial charge on any atom is -0.284 e. The van der Waals surface area contributed by atoms with E-state index in [0.29, 0.717) is 5.75 Å². The van der Waals surface area contributed by atoms with E-state index >= 15 is 0 Å². The quantitative estimate of drug-likeness (QED) is 0.425. The van der Waals surface area contributed by atoms with E-state index in [4.69, 9.17) is 4.55 Å². The molecule has 0 aliphatic rings. The number of rotatable bonds is 5. The van der Waals surface area contributed by atoms with Crippen LogP contribution in [0.3, 0.4) is 0 Å². The molecule has 1 aromatic rings.